The van der Waals surface area contributed by atoms with E-state index in [-0.39, 0.29) is 17.7 Å². The highest BCUT2D eigenvalue weighted by atomic mass is 32.2. The van der Waals surface area contributed by atoms with Crippen LogP contribution in [0.1, 0.15) is 19.9 Å². The van der Waals surface area contributed by atoms with Crippen LogP contribution in [0.5, 0.6) is 0 Å². The molecular weight excluding hydrogens is 276 g/mol. The number of hydrogen-bond donors (Lipinski definition) is 2. The van der Waals surface area contributed by atoms with Crippen LogP contribution in [0, 0.1) is 0 Å². The molecule has 1 aromatic heterocycles. The summed E-state index contributed by atoms with van der Waals surface area (Å²) in [6.45, 7) is 3.95. The van der Waals surface area contributed by atoms with E-state index in [0.29, 0.717) is 11.6 Å². The van der Waals surface area contributed by atoms with Crippen molar-refractivity contribution in [1.82, 2.24) is 5.27 Å². The Morgan fingerprint density at radius 1 is 1.55 bits per heavy atom. The second-order valence-electron chi connectivity index (χ2n) is 4.55. The van der Waals surface area contributed by atoms with Gasteiger partial charge in [-0.25, -0.2) is 0 Å². The smallest absolute Gasteiger partial charge is 0.302 e. The van der Waals surface area contributed by atoms with Crippen LogP contribution in [0.25, 0.3) is 0 Å². The number of amides is 1. The minimum atomic E-state index is -0.149. The number of carbonyl (C=O) groups excluding carboxylic acids is 1. The first-order chi connectivity index (χ1) is 9.54. The van der Waals surface area contributed by atoms with Crippen molar-refractivity contribution in [2.24, 2.45) is 0 Å². The summed E-state index contributed by atoms with van der Waals surface area (Å²) < 4.78 is 6.66. The van der Waals surface area contributed by atoms with E-state index >= 15 is 0 Å². The predicted molar refractivity (Wildman–Crippen MR) is 77.3 cm³/mol. The van der Waals surface area contributed by atoms with Crippen LogP contribution in [0.3, 0.4) is 0 Å². The maximum atomic E-state index is 11.8. The Hall–Kier alpha value is -2.02. The number of nitrogen functional groups attached to an aromatic ring is 1. The number of thioether (sulfide) groups is 1. The van der Waals surface area contributed by atoms with Gasteiger partial charge in [0, 0.05) is 10.6 Å². The van der Waals surface area contributed by atoms with E-state index in [9.17, 15) is 4.79 Å². The number of hydrogen-bond acceptors (Lipinski definition) is 5. The van der Waals surface area contributed by atoms with Crippen molar-refractivity contribution in [3.05, 3.63) is 30.5 Å². The Labute approximate surface area is 121 Å². The Morgan fingerprint density at radius 3 is 3.00 bits per heavy atom. The molecule has 0 aliphatic heterocycles. The molecule has 2 aromatic rings. The first-order valence-electron chi connectivity index (χ1n) is 6.21. The van der Waals surface area contributed by atoms with Crippen molar-refractivity contribution in [2.75, 3.05) is 16.8 Å². The van der Waals surface area contributed by atoms with Gasteiger partial charge in [0.15, 0.2) is 6.04 Å². The van der Waals surface area contributed by atoms with Crippen molar-refractivity contribution in [1.29, 1.82) is 0 Å². The van der Waals surface area contributed by atoms with Gasteiger partial charge in [0.25, 0.3) is 6.20 Å². The van der Waals surface area contributed by atoms with E-state index in [2.05, 4.69) is 10.6 Å². The topological polar surface area (TPSA) is 85.0 Å². The van der Waals surface area contributed by atoms with E-state index in [1.54, 1.807) is 10.9 Å². The van der Waals surface area contributed by atoms with Gasteiger partial charge in [-0.2, -0.15) is 0 Å². The molecule has 6 nitrogen and oxygen atoms in total. The molecule has 1 aromatic carbocycles. The van der Waals surface area contributed by atoms with Gasteiger partial charge >= 0.3 is 5.88 Å². The third-order valence-corrected chi connectivity index (χ3v) is 3.50. The van der Waals surface area contributed by atoms with Gasteiger partial charge in [-0.15, -0.1) is 11.8 Å². The molecule has 3 N–H and O–H groups in total. The summed E-state index contributed by atoms with van der Waals surface area (Å²) >= 11 is 1.41. The first-order valence-corrected chi connectivity index (χ1v) is 7.19. The average Bonchev–Trinajstić information content (AvgIpc) is 2.85. The van der Waals surface area contributed by atoms with Gasteiger partial charge in [-0.1, -0.05) is 6.07 Å². The molecule has 0 bridgehead atoms. The number of nitrogens with one attached hydrogen (secondary N) is 1. The Kier molecular flexibility index (Phi) is 4.62. The molecule has 0 radical (unpaired) electrons. The van der Waals surface area contributed by atoms with Crippen LogP contribution < -0.4 is 15.7 Å². The van der Waals surface area contributed by atoms with Crippen molar-refractivity contribution >= 4 is 29.2 Å². The van der Waals surface area contributed by atoms with Crippen LogP contribution in [0.4, 0.5) is 11.6 Å². The molecule has 0 saturated heterocycles. The molecule has 20 heavy (non-hydrogen) atoms. The number of anilines is 2. The number of carbonyl (C=O) groups is 1. The fraction of sp³-hybridized carbons (Fsp3) is 0.308. The van der Waals surface area contributed by atoms with Gasteiger partial charge in [0.2, 0.25) is 11.2 Å². The number of nitrogens with two attached hydrogens (primary N) is 1. The van der Waals surface area contributed by atoms with E-state index in [1.165, 1.54) is 11.8 Å². The standard InChI is InChI=1S/C13H16N4O2S/c1-9(2)17-7-13(19-16-17)15-12(18)8-20-11-5-3-4-10(14)6-11/h3-7,9H,8,14H2,1-2H3/p+1. The molecule has 0 atom stereocenters. The predicted octanol–water partition coefficient (Wildman–Crippen LogP) is 1.86. The normalized spacial score (nSPS) is 10.8. The summed E-state index contributed by atoms with van der Waals surface area (Å²) in [6, 6.07) is 7.60. The van der Waals surface area contributed by atoms with Gasteiger partial charge in [-0.3, -0.25) is 14.6 Å². The third kappa shape index (κ3) is 3.99. The van der Waals surface area contributed by atoms with Crippen LogP contribution in [-0.4, -0.2) is 16.9 Å². The van der Waals surface area contributed by atoms with E-state index < -0.39 is 0 Å². The summed E-state index contributed by atoms with van der Waals surface area (Å²) in [4.78, 5) is 12.7. The minimum absolute atomic E-state index is 0.149. The minimum Gasteiger partial charge on any atom is -0.399 e. The highest BCUT2D eigenvalue weighted by Crippen LogP contribution is 2.20. The summed E-state index contributed by atoms with van der Waals surface area (Å²) in [6.07, 6.45) is 1.66. The molecule has 0 spiro atoms. The first kappa shape index (κ1) is 14.4. The van der Waals surface area contributed by atoms with Crippen molar-refractivity contribution in [2.45, 2.75) is 24.8 Å². The van der Waals surface area contributed by atoms with Crippen LogP contribution in [-0.2, 0) is 4.79 Å². The van der Waals surface area contributed by atoms with Gasteiger partial charge < -0.3 is 5.73 Å². The zero-order valence-corrected chi connectivity index (χ0v) is 12.2. The number of nitrogens with zero attached hydrogens (tertiary/aromatic N) is 2. The lowest BCUT2D eigenvalue weighted by Gasteiger charge is -2.01. The molecule has 0 saturated carbocycles. The zero-order chi connectivity index (χ0) is 14.5. The lowest BCUT2D eigenvalue weighted by molar-refractivity contribution is -0.779. The molecule has 0 aliphatic rings. The monoisotopic (exact) mass is 293 g/mol. The molecule has 1 heterocycles. The Morgan fingerprint density at radius 2 is 2.35 bits per heavy atom. The van der Waals surface area contributed by atoms with Crippen molar-refractivity contribution in [3.8, 4) is 0 Å². The second kappa shape index (κ2) is 6.42. The Bertz CT molecular complexity index is 598. The number of benzene rings is 1. The molecule has 1 amide bonds. The van der Waals surface area contributed by atoms with Crippen molar-refractivity contribution < 1.29 is 14.0 Å². The molecule has 0 unspecified atom stereocenters. The third-order valence-electron chi connectivity index (χ3n) is 2.50. The molecule has 106 valence electrons. The molecule has 0 fully saturated rings. The highest BCUT2D eigenvalue weighted by Gasteiger charge is 2.16. The van der Waals surface area contributed by atoms with E-state index in [1.807, 2.05) is 38.1 Å². The maximum absolute atomic E-state index is 11.8. The summed E-state index contributed by atoms with van der Waals surface area (Å²) in [5, 5.41) is 6.46. The van der Waals surface area contributed by atoms with Gasteiger partial charge in [-0.05, 0) is 36.7 Å². The largest absolute Gasteiger partial charge is 0.399 e. The highest BCUT2D eigenvalue weighted by molar-refractivity contribution is 8.00. The molecule has 2 rings (SSSR count). The fourth-order valence-electron chi connectivity index (χ4n) is 1.48. The van der Waals surface area contributed by atoms with Crippen LogP contribution in [0.15, 0.2) is 39.9 Å². The fourth-order valence-corrected chi connectivity index (χ4v) is 2.25. The van der Waals surface area contributed by atoms with Crippen LogP contribution in [0.2, 0.25) is 0 Å². The van der Waals surface area contributed by atoms with Gasteiger partial charge in [0.1, 0.15) is 0 Å². The Balaban J connectivity index is 1.86. The quantitative estimate of drug-likeness (QED) is 0.499. The second-order valence-corrected chi connectivity index (χ2v) is 5.60. The maximum Gasteiger partial charge on any atom is 0.302 e. The molecule has 0 aliphatic carbocycles. The molecule has 7 heteroatoms. The van der Waals surface area contributed by atoms with Gasteiger partial charge in [0.05, 0.1) is 5.75 Å². The SMILES string of the molecule is CC(C)[n+]1cc(NC(=O)CSc2cccc(N)c2)on1. The lowest BCUT2D eigenvalue weighted by atomic mass is 10.3. The van der Waals surface area contributed by atoms with Crippen LogP contribution >= 0.6 is 11.8 Å². The summed E-state index contributed by atoms with van der Waals surface area (Å²) in [7, 11) is 0. The zero-order valence-electron chi connectivity index (χ0n) is 11.4. The summed E-state index contributed by atoms with van der Waals surface area (Å²) in [5.41, 5.74) is 6.36. The average molecular weight is 293 g/mol. The number of rotatable bonds is 5. The van der Waals surface area contributed by atoms with E-state index in [4.69, 9.17) is 10.3 Å². The van der Waals surface area contributed by atoms with Crippen molar-refractivity contribution in [3.63, 3.8) is 0 Å². The number of aromatic nitrogens is 2. The lowest BCUT2D eigenvalue weighted by Crippen LogP contribution is -2.36. The van der Waals surface area contributed by atoms with E-state index in [0.717, 1.165) is 4.90 Å². The summed E-state index contributed by atoms with van der Waals surface area (Å²) in [5.74, 6) is 0.479. The molecular formula is C13H17N4O2S+.